The molecule has 0 bridgehead atoms. The maximum Gasteiger partial charge on any atom is 0.268 e. The molecule has 4 nitrogen and oxygen atoms in total. The number of rotatable bonds is 6. The second-order valence-corrected chi connectivity index (χ2v) is 3.31. The van der Waals surface area contributed by atoms with Crippen molar-refractivity contribution >= 4 is 24.2 Å². The SMILES string of the molecule is CCCCCCNN1C(=O)C=CC1=O.Cl. The van der Waals surface area contributed by atoms with E-state index in [2.05, 4.69) is 12.3 Å². The molecule has 5 heteroatoms. The van der Waals surface area contributed by atoms with Crippen molar-refractivity contribution in [3.05, 3.63) is 12.2 Å². The third kappa shape index (κ3) is 4.44. The number of hydrogen-bond donors (Lipinski definition) is 1. The van der Waals surface area contributed by atoms with Gasteiger partial charge in [0.2, 0.25) is 0 Å². The highest BCUT2D eigenvalue weighted by atomic mass is 35.5. The summed E-state index contributed by atoms with van der Waals surface area (Å²) in [6.45, 7) is 2.82. The van der Waals surface area contributed by atoms with Crippen LogP contribution in [0.2, 0.25) is 0 Å². The van der Waals surface area contributed by atoms with Crippen molar-refractivity contribution in [2.45, 2.75) is 32.6 Å². The average molecular weight is 233 g/mol. The third-order valence-electron chi connectivity index (χ3n) is 2.11. The van der Waals surface area contributed by atoms with Crippen LogP contribution in [-0.2, 0) is 9.59 Å². The van der Waals surface area contributed by atoms with Gasteiger partial charge in [0.1, 0.15) is 0 Å². The molecule has 0 unspecified atom stereocenters. The smallest absolute Gasteiger partial charge is 0.268 e. The summed E-state index contributed by atoms with van der Waals surface area (Å²) in [5, 5.41) is 1.06. The first-order valence-electron chi connectivity index (χ1n) is 5.05. The molecule has 1 aliphatic heterocycles. The van der Waals surface area contributed by atoms with Gasteiger partial charge in [-0.05, 0) is 6.42 Å². The molecule has 1 rings (SSSR count). The van der Waals surface area contributed by atoms with Gasteiger partial charge in [0, 0.05) is 18.7 Å². The van der Waals surface area contributed by atoms with Crippen LogP contribution in [0.3, 0.4) is 0 Å². The van der Waals surface area contributed by atoms with Gasteiger partial charge < -0.3 is 0 Å². The highest BCUT2D eigenvalue weighted by molar-refractivity contribution is 6.12. The maximum atomic E-state index is 11.1. The standard InChI is InChI=1S/C10H16N2O2.ClH/c1-2-3-4-5-8-11-12-9(13)6-7-10(12)14;/h6-7,11H,2-5,8H2,1H3;1H. The minimum Gasteiger partial charge on any atom is -0.268 e. The largest absolute Gasteiger partial charge is 0.268 e. The molecule has 1 N–H and O–H groups in total. The minimum absolute atomic E-state index is 0. The van der Waals surface area contributed by atoms with E-state index in [-0.39, 0.29) is 24.2 Å². The molecular formula is C10H17ClN2O2. The van der Waals surface area contributed by atoms with Gasteiger partial charge in [-0.15, -0.1) is 12.4 Å². The van der Waals surface area contributed by atoms with Crippen LogP contribution in [0.25, 0.3) is 0 Å². The van der Waals surface area contributed by atoms with E-state index in [4.69, 9.17) is 0 Å². The number of halogens is 1. The molecule has 0 aliphatic carbocycles. The van der Waals surface area contributed by atoms with Gasteiger partial charge in [0.05, 0.1) is 0 Å². The lowest BCUT2D eigenvalue weighted by Gasteiger charge is -2.14. The lowest BCUT2D eigenvalue weighted by molar-refractivity contribution is -0.140. The van der Waals surface area contributed by atoms with E-state index in [1.807, 2.05) is 0 Å². The topological polar surface area (TPSA) is 49.4 Å². The van der Waals surface area contributed by atoms with E-state index in [0.29, 0.717) is 6.54 Å². The lowest BCUT2D eigenvalue weighted by Crippen LogP contribution is -2.42. The summed E-state index contributed by atoms with van der Waals surface area (Å²) in [6.07, 6.45) is 7.06. The summed E-state index contributed by atoms with van der Waals surface area (Å²) >= 11 is 0. The zero-order valence-corrected chi connectivity index (χ0v) is 9.68. The Balaban J connectivity index is 0.00000196. The number of hydrogen-bond acceptors (Lipinski definition) is 3. The molecule has 0 spiro atoms. The van der Waals surface area contributed by atoms with Gasteiger partial charge in [-0.1, -0.05) is 26.2 Å². The van der Waals surface area contributed by atoms with Gasteiger partial charge in [0.15, 0.2) is 0 Å². The zero-order valence-electron chi connectivity index (χ0n) is 8.86. The van der Waals surface area contributed by atoms with Crippen LogP contribution in [0.15, 0.2) is 12.2 Å². The molecule has 1 heterocycles. The predicted molar refractivity (Wildman–Crippen MR) is 60.4 cm³/mol. The van der Waals surface area contributed by atoms with Crippen LogP contribution in [0.4, 0.5) is 0 Å². The fraction of sp³-hybridized carbons (Fsp3) is 0.600. The van der Waals surface area contributed by atoms with Crippen LogP contribution in [0, 0.1) is 0 Å². The quantitative estimate of drug-likeness (QED) is 0.557. The van der Waals surface area contributed by atoms with Crippen LogP contribution in [-0.4, -0.2) is 23.4 Å². The van der Waals surface area contributed by atoms with E-state index in [1.165, 1.54) is 25.0 Å². The van der Waals surface area contributed by atoms with Crippen molar-refractivity contribution < 1.29 is 9.59 Å². The Morgan fingerprint density at radius 2 is 1.73 bits per heavy atom. The van der Waals surface area contributed by atoms with E-state index < -0.39 is 0 Å². The van der Waals surface area contributed by atoms with Crippen molar-refractivity contribution in [3.8, 4) is 0 Å². The minimum atomic E-state index is -0.273. The molecule has 0 atom stereocenters. The van der Waals surface area contributed by atoms with Crippen LogP contribution in [0.5, 0.6) is 0 Å². The summed E-state index contributed by atoms with van der Waals surface area (Å²) in [4.78, 5) is 22.1. The Morgan fingerprint density at radius 1 is 1.13 bits per heavy atom. The predicted octanol–water partition coefficient (Wildman–Crippen LogP) is 1.42. The third-order valence-corrected chi connectivity index (χ3v) is 2.11. The first kappa shape index (κ1) is 14.1. The van der Waals surface area contributed by atoms with E-state index in [9.17, 15) is 9.59 Å². The van der Waals surface area contributed by atoms with E-state index in [0.717, 1.165) is 17.9 Å². The Hall–Kier alpha value is -0.870. The first-order valence-corrected chi connectivity index (χ1v) is 5.05. The van der Waals surface area contributed by atoms with Gasteiger partial charge in [-0.3, -0.25) is 9.59 Å². The van der Waals surface area contributed by atoms with Crippen molar-refractivity contribution in [1.29, 1.82) is 0 Å². The molecule has 1 aliphatic rings. The highest BCUT2D eigenvalue weighted by Crippen LogP contribution is 2.01. The fourth-order valence-corrected chi connectivity index (χ4v) is 1.30. The molecule has 0 saturated carbocycles. The average Bonchev–Trinajstić information content (AvgIpc) is 2.48. The van der Waals surface area contributed by atoms with Crippen LogP contribution in [0.1, 0.15) is 32.6 Å². The highest BCUT2D eigenvalue weighted by Gasteiger charge is 2.22. The molecule has 0 aromatic rings. The van der Waals surface area contributed by atoms with Crippen molar-refractivity contribution in [1.82, 2.24) is 10.4 Å². The first-order chi connectivity index (χ1) is 6.75. The Labute approximate surface area is 96.1 Å². The number of nitrogens with zero attached hydrogens (tertiary/aromatic N) is 1. The molecule has 15 heavy (non-hydrogen) atoms. The second-order valence-electron chi connectivity index (χ2n) is 3.31. The lowest BCUT2D eigenvalue weighted by atomic mass is 10.2. The van der Waals surface area contributed by atoms with Crippen molar-refractivity contribution in [3.63, 3.8) is 0 Å². The molecule has 86 valence electrons. The van der Waals surface area contributed by atoms with Gasteiger partial charge in [-0.25, -0.2) is 10.4 Å². The Bertz CT molecular complexity index is 236. The van der Waals surface area contributed by atoms with Gasteiger partial charge >= 0.3 is 0 Å². The van der Waals surface area contributed by atoms with Crippen LogP contribution >= 0.6 is 12.4 Å². The van der Waals surface area contributed by atoms with Gasteiger partial charge in [0.25, 0.3) is 11.8 Å². The summed E-state index contributed by atoms with van der Waals surface area (Å²) in [5.41, 5.74) is 2.81. The summed E-state index contributed by atoms with van der Waals surface area (Å²) in [5.74, 6) is -0.545. The molecule has 0 saturated heterocycles. The number of imide groups is 1. The molecule has 0 aromatic heterocycles. The Kier molecular flexibility index (Phi) is 6.99. The zero-order chi connectivity index (χ0) is 10.4. The normalized spacial score (nSPS) is 14.6. The maximum absolute atomic E-state index is 11.1. The van der Waals surface area contributed by atoms with Crippen LogP contribution < -0.4 is 5.43 Å². The number of carbonyl (C=O) groups excluding carboxylic acids is 2. The van der Waals surface area contributed by atoms with E-state index in [1.54, 1.807) is 0 Å². The molecule has 0 radical (unpaired) electrons. The number of carbonyl (C=O) groups is 2. The van der Waals surface area contributed by atoms with Crippen molar-refractivity contribution in [2.75, 3.05) is 6.54 Å². The fourth-order valence-electron chi connectivity index (χ4n) is 1.30. The summed E-state index contributed by atoms with van der Waals surface area (Å²) in [6, 6.07) is 0. The Morgan fingerprint density at radius 3 is 2.27 bits per heavy atom. The number of unbranched alkanes of at least 4 members (excludes halogenated alkanes) is 3. The number of amides is 2. The summed E-state index contributed by atoms with van der Waals surface area (Å²) < 4.78 is 0. The number of nitrogens with one attached hydrogen (secondary N) is 1. The van der Waals surface area contributed by atoms with Crippen molar-refractivity contribution in [2.24, 2.45) is 0 Å². The number of hydrazine groups is 1. The molecular weight excluding hydrogens is 216 g/mol. The molecule has 0 fully saturated rings. The van der Waals surface area contributed by atoms with Gasteiger partial charge in [-0.2, -0.15) is 0 Å². The monoisotopic (exact) mass is 232 g/mol. The second kappa shape index (κ2) is 7.43. The molecule has 0 aromatic carbocycles. The molecule has 2 amide bonds. The summed E-state index contributed by atoms with van der Waals surface area (Å²) in [7, 11) is 0. The van der Waals surface area contributed by atoms with E-state index >= 15 is 0 Å².